The number of rotatable bonds is 4. The Morgan fingerprint density at radius 2 is 2.18 bits per heavy atom. The molecule has 1 N–H and O–H groups in total. The molecule has 1 aromatic rings. The van der Waals surface area contributed by atoms with Gasteiger partial charge in [0.15, 0.2) is 0 Å². The van der Waals surface area contributed by atoms with E-state index < -0.39 is 0 Å². The quantitative estimate of drug-likeness (QED) is 0.864. The SMILES string of the molecule is CC(O)CCCN1c2ccccc2CCC1C. The third-order valence-electron chi connectivity index (χ3n) is 3.69. The molecule has 2 atom stereocenters. The molecule has 1 aliphatic heterocycles. The molecule has 94 valence electrons. The zero-order valence-electron chi connectivity index (χ0n) is 10.9. The molecule has 0 saturated heterocycles. The molecular weight excluding hydrogens is 210 g/mol. The summed E-state index contributed by atoms with van der Waals surface area (Å²) in [4.78, 5) is 2.50. The van der Waals surface area contributed by atoms with E-state index >= 15 is 0 Å². The van der Waals surface area contributed by atoms with Crippen LogP contribution in [0.15, 0.2) is 24.3 Å². The number of aryl methyl sites for hydroxylation is 1. The lowest BCUT2D eigenvalue weighted by molar-refractivity contribution is 0.182. The molecule has 0 radical (unpaired) electrons. The zero-order valence-corrected chi connectivity index (χ0v) is 10.9. The van der Waals surface area contributed by atoms with E-state index in [-0.39, 0.29) is 6.10 Å². The van der Waals surface area contributed by atoms with Gasteiger partial charge in [0, 0.05) is 18.3 Å². The normalized spacial score (nSPS) is 21.1. The van der Waals surface area contributed by atoms with Crippen LogP contribution < -0.4 is 4.90 Å². The Kier molecular flexibility index (Phi) is 4.06. The van der Waals surface area contributed by atoms with Gasteiger partial charge >= 0.3 is 0 Å². The summed E-state index contributed by atoms with van der Waals surface area (Å²) in [6.07, 6.45) is 4.22. The van der Waals surface area contributed by atoms with Gasteiger partial charge in [-0.25, -0.2) is 0 Å². The van der Waals surface area contributed by atoms with E-state index in [2.05, 4.69) is 36.1 Å². The Balaban J connectivity index is 2.05. The number of aliphatic hydroxyl groups excluding tert-OH is 1. The molecule has 0 bridgehead atoms. The first kappa shape index (κ1) is 12.4. The van der Waals surface area contributed by atoms with Crippen molar-refractivity contribution in [2.75, 3.05) is 11.4 Å². The fourth-order valence-electron chi connectivity index (χ4n) is 2.66. The molecule has 1 aliphatic rings. The molecule has 17 heavy (non-hydrogen) atoms. The maximum atomic E-state index is 9.32. The molecule has 1 aromatic carbocycles. The number of aliphatic hydroxyl groups is 1. The van der Waals surface area contributed by atoms with Gasteiger partial charge in [0.1, 0.15) is 0 Å². The van der Waals surface area contributed by atoms with Gasteiger partial charge in [-0.1, -0.05) is 18.2 Å². The highest BCUT2D eigenvalue weighted by atomic mass is 16.3. The predicted octanol–water partition coefficient (Wildman–Crippen LogP) is 2.99. The molecule has 0 aromatic heterocycles. The summed E-state index contributed by atoms with van der Waals surface area (Å²) in [5, 5.41) is 9.32. The van der Waals surface area contributed by atoms with Gasteiger partial charge in [0.2, 0.25) is 0 Å². The molecule has 2 rings (SSSR count). The second kappa shape index (κ2) is 5.54. The molecule has 1 heterocycles. The van der Waals surface area contributed by atoms with Gasteiger partial charge < -0.3 is 10.0 Å². The lowest BCUT2D eigenvalue weighted by atomic mass is 9.96. The Morgan fingerprint density at radius 1 is 1.41 bits per heavy atom. The lowest BCUT2D eigenvalue weighted by Crippen LogP contribution is -2.38. The summed E-state index contributed by atoms with van der Waals surface area (Å²) in [5.41, 5.74) is 2.87. The minimum atomic E-state index is -0.176. The van der Waals surface area contributed by atoms with Crippen molar-refractivity contribution in [3.05, 3.63) is 29.8 Å². The maximum absolute atomic E-state index is 9.32. The largest absolute Gasteiger partial charge is 0.393 e. The van der Waals surface area contributed by atoms with Gasteiger partial charge in [-0.3, -0.25) is 0 Å². The average molecular weight is 233 g/mol. The molecule has 0 aliphatic carbocycles. The third kappa shape index (κ3) is 3.01. The van der Waals surface area contributed by atoms with Crippen LogP contribution in [-0.4, -0.2) is 23.8 Å². The van der Waals surface area contributed by atoms with Crippen LogP contribution in [0, 0.1) is 0 Å². The second-order valence-electron chi connectivity index (χ2n) is 5.20. The summed E-state index contributed by atoms with van der Waals surface area (Å²) in [7, 11) is 0. The van der Waals surface area contributed by atoms with Crippen molar-refractivity contribution in [2.45, 2.75) is 51.7 Å². The minimum Gasteiger partial charge on any atom is -0.393 e. The highest BCUT2D eigenvalue weighted by molar-refractivity contribution is 5.56. The molecule has 0 fully saturated rings. The number of nitrogens with zero attached hydrogens (tertiary/aromatic N) is 1. The van der Waals surface area contributed by atoms with Crippen LogP contribution in [0.25, 0.3) is 0 Å². The molecule has 0 amide bonds. The van der Waals surface area contributed by atoms with Crippen LogP contribution in [0.2, 0.25) is 0 Å². The van der Waals surface area contributed by atoms with Crippen LogP contribution in [0.4, 0.5) is 5.69 Å². The van der Waals surface area contributed by atoms with E-state index in [0.29, 0.717) is 6.04 Å². The van der Waals surface area contributed by atoms with Crippen molar-refractivity contribution in [3.8, 4) is 0 Å². The van der Waals surface area contributed by atoms with Crippen LogP contribution in [-0.2, 0) is 6.42 Å². The van der Waals surface area contributed by atoms with Crippen LogP contribution >= 0.6 is 0 Å². The van der Waals surface area contributed by atoms with Gasteiger partial charge in [0.05, 0.1) is 6.10 Å². The van der Waals surface area contributed by atoms with Crippen LogP contribution in [0.5, 0.6) is 0 Å². The highest BCUT2D eigenvalue weighted by Crippen LogP contribution is 2.30. The van der Waals surface area contributed by atoms with Crippen molar-refractivity contribution in [3.63, 3.8) is 0 Å². The Hall–Kier alpha value is -1.02. The first-order valence-corrected chi connectivity index (χ1v) is 6.71. The summed E-state index contributed by atoms with van der Waals surface area (Å²) in [6, 6.07) is 9.34. The molecule has 2 heteroatoms. The number of hydrogen-bond acceptors (Lipinski definition) is 2. The van der Waals surface area contributed by atoms with E-state index in [1.165, 1.54) is 24.1 Å². The number of fused-ring (bicyclic) bond motifs is 1. The Morgan fingerprint density at radius 3 is 2.94 bits per heavy atom. The fourth-order valence-corrected chi connectivity index (χ4v) is 2.66. The fraction of sp³-hybridized carbons (Fsp3) is 0.600. The van der Waals surface area contributed by atoms with E-state index in [0.717, 1.165) is 19.4 Å². The number of para-hydroxylation sites is 1. The number of hydrogen-bond donors (Lipinski definition) is 1. The van der Waals surface area contributed by atoms with E-state index in [9.17, 15) is 5.11 Å². The minimum absolute atomic E-state index is 0.176. The Bertz CT molecular complexity index is 362. The van der Waals surface area contributed by atoms with Crippen molar-refractivity contribution < 1.29 is 5.11 Å². The third-order valence-corrected chi connectivity index (χ3v) is 3.69. The second-order valence-corrected chi connectivity index (χ2v) is 5.20. The lowest BCUT2D eigenvalue weighted by Gasteiger charge is -2.37. The molecule has 0 spiro atoms. The first-order valence-electron chi connectivity index (χ1n) is 6.71. The average Bonchev–Trinajstić information content (AvgIpc) is 2.32. The van der Waals surface area contributed by atoms with Crippen LogP contribution in [0.1, 0.15) is 38.7 Å². The predicted molar refractivity (Wildman–Crippen MR) is 72.5 cm³/mol. The molecule has 2 nitrogen and oxygen atoms in total. The van der Waals surface area contributed by atoms with Gasteiger partial charge in [0.25, 0.3) is 0 Å². The standard InChI is InChI=1S/C15H23NO/c1-12-9-10-14-7-3-4-8-15(14)16(12)11-5-6-13(2)17/h3-4,7-8,12-13,17H,5-6,9-11H2,1-2H3. The number of anilines is 1. The summed E-state index contributed by atoms with van der Waals surface area (Å²) >= 11 is 0. The van der Waals surface area contributed by atoms with Gasteiger partial charge in [-0.2, -0.15) is 0 Å². The van der Waals surface area contributed by atoms with Crippen molar-refractivity contribution >= 4 is 5.69 Å². The van der Waals surface area contributed by atoms with Crippen LogP contribution in [0.3, 0.4) is 0 Å². The summed E-state index contributed by atoms with van der Waals surface area (Å²) in [6.45, 7) is 5.23. The number of benzene rings is 1. The topological polar surface area (TPSA) is 23.5 Å². The van der Waals surface area contributed by atoms with Crippen molar-refractivity contribution in [1.82, 2.24) is 0 Å². The molecule has 0 saturated carbocycles. The highest BCUT2D eigenvalue weighted by Gasteiger charge is 2.21. The smallest absolute Gasteiger partial charge is 0.0512 e. The molecular formula is C15H23NO. The van der Waals surface area contributed by atoms with E-state index in [4.69, 9.17) is 0 Å². The van der Waals surface area contributed by atoms with Gasteiger partial charge in [-0.05, 0) is 51.2 Å². The maximum Gasteiger partial charge on any atom is 0.0512 e. The zero-order chi connectivity index (χ0) is 12.3. The van der Waals surface area contributed by atoms with Gasteiger partial charge in [-0.15, -0.1) is 0 Å². The summed E-state index contributed by atoms with van der Waals surface area (Å²) < 4.78 is 0. The Labute approximate surface area is 104 Å². The van der Waals surface area contributed by atoms with E-state index in [1.807, 2.05) is 6.92 Å². The molecule has 2 unspecified atom stereocenters. The monoisotopic (exact) mass is 233 g/mol. The first-order chi connectivity index (χ1) is 8.18. The van der Waals surface area contributed by atoms with Crippen molar-refractivity contribution in [2.24, 2.45) is 0 Å². The van der Waals surface area contributed by atoms with E-state index in [1.54, 1.807) is 0 Å². The summed E-state index contributed by atoms with van der Waals surface area (Å²) in [5.74, 6) is 0. The van der Waals surface area contributed by atoms with Crippen molar-refractivity contribution in [1.29, 1.82) is 0 Å².